The van der Waals surface area contributed by atoms with Gasteiger partial charge in [-0.15, -0.1) is 11.3 Å². The highest BCUT2D eigenvalue weighted by Crippen LogP contribution is 2.39. The number of oxazole rings is 1. The minimum Gasteiger partial charge on any atom is -0.444 e. The number of hydrogen-bond donors (Lipinski definition) is 1. The quantitative estimate of drug-likeness (QED) is 0.416. The number of nitrogens with zero attached hydrogens (tertiary/aromatic N) is 2. The SMILES string of the molecule is CCC(CC)C(=O)Nc1sc(-c2nc(Cc3ccc(Cl)cc3Cl)co2)c(C)c1C#N. The summed E-state index contributed by atoms with van der Waals surface area (Å²) in [6.45, 7) is 5.79. The van der Waals surface area contributed by atoms with Gasteiger partial charge in [0.25, 0.3) is 0 Å². The number of carbonyl (C=O) groups excluding carboxylic acids is 1. The van der Waals surface area contributed by atoms with E-state index in [1.165, 1.54) is 11.3 Å². The molecule has 0 fully saturated rings. The number of thiophene rings is 1. The molecule has 0 bridgehead atoms. The van der Waals surface area contributed by atoms with Gasteiger partial charge in [0.2, 0.25) is 11.8 Å². The Kier molecular flexibility index (Phi) is 7.19. The molecule has 8 heteroatoms. The van der Waals surface area contributed by atoms with Crippen molar-refractivity contribution < 1.29 is 9.21 Å². The zero-order valence-electron chi connectivity index (χ0n) is 16.9. The number of rotatable bonds is 7. The van der Waals surface area contributed by atoms with Gasteiger partial charge in [-0.25, -0.2) is 4.98 Å². The summed E-state index contributed by atoms with van der Waals surface area (Å²) in [6.07, 6.45) is 3.57. The van der Waals surface area contributed by atoms with Crippen molar-refractivity contribution >= 4 is 45.4 Å². The lowest BCUT2D eigenvalue weighted by Crippen LogP contribution is -2.21. The highest BCUT2D eigenvalue weighted by atomic mass is 35.5. The molecule has 2 aromatic heterocycles. The van der Waals surface area contributed by atoms with E-state index in [0.29, 0.717) is 38.6 Å². The third-order valence-corrected chi connectivity index (χ3v) is 6.77. The zero-order valence-corrected chi connectivity index (χ0v) is 19.2. The third-order valence-electron chi connectivity index (χ3n) is 4.98. The fourth-order valence-corrected chi connectivity index (χ4v) is 4.73. The van der Waals surface area contributed by atoms with Crippen molar-refractivity contribution in [1.29, 1.82) is 5.26 Å². The van der Waals surface area contributed by atoms with Gasteiger partial charge in [-0.05, 0) is 43.0 Å². The normalized spacial score (nSPS) is 11.0. The first kappa shape index (κ1) is 22.4. The van der Waals surface area contributed by atoms with E-state index in [1.54, 1.807) is 18.4 Å². The van der Waals surface area contributed by atoms with E-state index in [4.69, 9.17) is 27.6 Å². The van der Waals surface area contributed by atoms with Crippen molar-refractivity contribution in [3.63, 3.8) is 0 Å². The molecule has 3 aromatic rings. The van der Waals surface area contributed by atoms with E-state index in [9.17, 15) is 10.1 Å². The van der Waals surface area contributed by atoms with Crippen LogP contribution < -0.4 is 5.32 Å². The van der Waals surface area contributed by atoms with Crippen LogP contribution in [0.1, 0.15) is 49.1 Å². The molecule has 0 radical (unpaired) electrons. The Bertz CT molecular complexity index is 1110. The second kappa shape index (κ2) is 9.65. The molecule has 0 saturated carbocycles. The van der Waals surface area contributed by atoms with Gasteiger partial charge in [0, 0.05) is 22.4 Å². The van der Waals surface area contributed by atoms with Gasteiger partial charge in [-0.1, -0.05) is 43.1 Å². The van der Waals surface area contributed by atoms with Gasteiger partial charge >= 0.3 is 0 Å². The summed E-state index contributed by atoms with van der Waals surface area (Å²) in [5.74, 6) is 0.256. The Balaban J connectivity index is 1.87. The van der Waals surface area contributed by atoms with Crippen molar-refractivity contribution in [2.24, 2.45) is 5.92 Å². The summed E-state index contributed by atoms with van der Waals surface area (Å²) in [6, 6.07) is 7.52. The third kappa shape index (κ3) is 4.70. The van der Waals surface area contributed by atoms with E-state index in [0.717, 1.165) is 28.8 Å². The second-order valence-electron chi connectivity index (χ2n) is 6.93. The molecule has 0 aliphatic heterocycles. The fraction of sp³-hybridized carbons (Fsp3) is 0.318. The van der Waals surface area contributed by atoms with Crippen LogP contribution in [-0.4, -0.2) is 10.9 Å². The number of nitriles is 1. The van der Waals surface area contributed by atoms with Crippen LogP contribution in [0.3, 0.4) is 0 Å². The minimum atomic E-state index is -0.0835. The van der Waals surface area contributed by atoms with E-state index in [1.807, 2.05) is 26.8 Å². The molecule has 0 aliphatic rings. The second-order valence-corrected chi connectivity index (χ2v) is 8.80. The van der Waals surface area contributed by atoms with Crippen molar-refractivity contribution in [2.75, 3.05) is 5.32 Å². The summed E-state index contributed by atoms with van der Waals surface area (Å²) in [5, 5.41) is 14.2. The Morgan fingerprint density at radius 2 is 2.07 bits per heavy atom. The van der Waals surface area contributed by atoms with Crippen molar-refractivity contribution in [3.8, 4) is 16.8 Å². The van der Waals surface area contributed by atoms with Crippen LogP contribution in [0.15, 0.2) is 28.9 Å². The zero-order chi connectivity index (χ0) is 21.8. The summed E-state index contributed by atoms with van der Waals surface area (Å²) in [7, 11) is 0. The summed E-state index contributed by atoms with van der Waals surface area (Å²) in [5.41, 5.74) is 2.78. The molecule has 156 valence electrons. The molecule has 0 aliphatic carbocycles. The lowest BCUT2D eigenvalue weighted by atomic mass is 10.0. The molecule has 2 heterocycles. The highest BCUT2D eigenvalue weighted by Gasteiger charge is 2.23. The standard InChI is InChI=1S/C22H21Cl2N3O2S/c1-4-13(5-2)20(28)27-22-17(10-25)12(3)19(30-22)21-26-16(11-29-21)8-14-6-7-15(23)9-18(14)24/h6-7,9,11,13H,4-5,8H2,1-3H3,(H,27,28). The first-order valence-electron chi connectivity index (χ1n) is 9.60. The van der Waals surface area contributed by atoms with Gasteiger partial charge in [0.05, 0.1) is 16.1 Å². The van der Waals surface area contributed by atoms with Gasteiger partial charge in [0.1, 0.15) is 17.3 Å². The number of anilines is 1. The first-order chi connectivity index (χ1) is 14.4. The average molecular weight is 462 g/mol. The van der Waals surface area contributed by atoms with Crippen molar-refractivity contribution in [1.82, 2.24) is 4.98 Å². The van der Waals surface area contributed by atoms with Gasteiger partial charge < -0.3 is 9.73 Å². The highest BCUT2D eigenvalue weighted by molar-refractivity contribution is 7.20. The van der Waals surface area contributed by atoms with Crippen LogP contribution in [-0.2, 0) is 11.2 Å². The van der Waals surface area contributed by atoms with Gasteiger partial charge in [-0.2, -0.15) is 5.26 Å². The lowest BCUT2D eigenvalue weighted by Gasteiger charge is -2.11. The topological polar surface area (TPSA) is 78.9 Å². The van der Waals surface area contributed by atoms with Crippen LogP contribution in [0.2, 0.25) is 10.0 Å². The molecule has 0 spiro atoms. The summed E-state index contributed by atoms with van der Waals surface area (Å²) >= 11 is 13.5. The molecule has 3 rings (SSSR count). The first-order valence-corrected chi connectivity index (χ1v) is 11.2. The molecule has 1 N–H and O–H groups in total. The van der Waals surface area contributed by atoms with Gasteiger partial charge in [-0.3, -0.25) is 4.79 Å². The maximum absolute atomic E-state index is 12.5. The summed E-state index contributed by atoms with van der Waals surface area (Å²) in [4.78, 5) is 17.8. The number of aromatic nitrogens is 1. The number of halogens is 2. The largest absolute Gasteiger partial charge is 0.444 e. The van der Waals surface area contributed by atoms with Crippen LogP contribution in [0.5, 0.6) is 0 Å². The Morgan fingerprint density at radius 3 is 2.70 bits per heavy atom. The maximum Gasteiger partial charge on any atom is 0.236 e. The molecular formula is C22H21Cl2N3O2S. The number of carbonyl (C=O) groups is 1. The molecule has 0 saturated heterocycles. The minimum absolute atomic E-state index is 0.0743. The predicted octanol–water partition coefficient (Wildman–Crippen LogP) is 6.86. The van der Waals surface area contributed by atoms with Gasteiger partial charge in [0.15, 0.2) is 0 Å². The Morgan fingerprint density at radius 1 is 1.33 bits per heavy atom. The van der Waals surface area contributed by atoms with Crippen LogP contribution in [0.4, 0.5) is 5.00 Å². The molecule has 1 amide bonds. The molecule has 30 heavy (non-hydrogen) atoms. The van der Waals surface area contributed by atoms with E-state index >= 15 is 0 Å². The number of benzene rings is 1. The van der Waals surface area contributed by atoms with Crippen molar-refractivity contribution in [3.05, 3.63) is 56.9 Å². The number of amides is 1. The predicted molar refractivity (Wildman–Crippen MR) is 121 cm³/mol. The van der Waals surface area contributed by atoms with Crippen molar-refractivity contribution in [2.45, 2.75) is 40.0 Å². The smallest absolute Gasteiger partial charge is 0.236 e. The van der Waals surface area contributed by atoms with Crippen LogP contribution in [0.25, 0.3) is 10.8 Å². The van der Waals surface area contributed by atoms with Crippen LogP contribution in [0, 0.1) is 24.2 Å². The van der Waals surface area contributed by atoms with E-state index < -0.39 is 0 Å². The van der Waals surface area contributed by atoms with E-state index in [-0.39, 0.29) is 11.8 Å². The average Bonchev–Trinajstić information content (AvgIpc) is 3.29. The molecule has 0 atom stereocenters. The Hall–Kier alpha value is -2.33. The lowest BCUT2D eigenvalue weighted by molar-refractivity contribution is -0.120. The molecule has 5 nitrogen and oxygen atoms in total. The Labute approximate surface area is 189 Å². The molecular weight excluding hydrogens is 441 g/mol. The monoisotopic (exact) mass is 461 g/mol. The van der Waals surface area contributed by atoms with Crippen LogP contribution >= 0.6 is 34.5 Å². The van der Waals surface area contributed by atoms with E-state index in [2.05, 4.69) is 16.4 Å². The summed E-state index contributed by atoms with van der Waals surface area (Å²) < 4.78 is 5.68. The number of hydrogen-bond acceptors (Lipinski definition) is 5. The maximum atomic E-state index is 12.5. The molecule has 1 aromatic carbocycles. The number of nitrogens with one attached hydrogen (secondary N) is 1. The fourth-order valence-electron chi connectivity index (χ4n) is 3.17. The molecule has 0 unspecified atom stereocenters.